The van der Waals surface area contributed by atoms with Gasteiger partial charge in [0, 0.05) is 38.3 Å². The average molecular weight is 278 g/mol. The second kappa shape index (κ2) is 7.62. The third-order valence-electron chi connectivity index (χ3n) is 3.62. The van der Waals surface area contributed by atoms with Crippen molar-refractivity contribution in [1.29, 1.82) is 0 Å². The monoisotopic (exact) mass is 278 g/mol. The fourth-order valence-electron chi connectivity index (χ4n) is 2.41. The summed E-state index contributed by atoms with van der Waals surface area (Å²) in [6.45, 7) is 8.92. The molecule has 1 aliphatic heterocycles. The summed E-state index contributed by atoms with van der Waals surface area (Å²) in [5.74, 6) is 1.06. The first-order valence-electron chi connectivity index (χ1n) is 7.37. The molecule has 0 unspecified atom stereocenters. The summed E-state index contributed by atoms with van der Waals surface area (Å²) >= 11 is 0. The van der Waals surface area contributed by atoms with E-state index in [1.165, 1.54) is 11.1 Å². The Labute approximate surface area is 121 Å². The first-order valence-corrected chi connectivity index (χ1v) is 7.37. The molecule has 1 aliphatic rings. The highest BCUT2D eigenvalue weighted by Crippen LogP contribution is 2.17. The fourth-order valence-corrected chi connectivity index (χ4v) is 2.41. The van der Waals surface area contributed by atoms with E-state index in [1.54, 1.807) is 13.4 Å². The summed E-state index contributed by atoms with van der Waals surface area (Å²) < 4.78 is 10.8. The third kappa shape index (κ3) is 4.47. The molecule has 0 atom stereocenters. The van der Waals surface area contributed by atoms with E-state index in [9.17, 15) is 0 Å². The number of rotatable bonds is 7. The van der Waals surface area contributed by atoms with Gasteiger partial charge < -0.3 is 14.5 Å². The zero-order chi connectivity index (χ0) is 14.4. The van der Waals surface area contributed by atoms with Crippen LogP contribution in [0.5, 0.6) is 0 Å². The average Bonchev–Trinajstić information content (AvgIpc) is 2.86. The normalized spacial score (nSPS) is 16.7. The van der Waals surface area contributed by atoms with Gasteiger partial charge in [0.2, 0.25) is 0 Å². The molecule has 0 aliphatic carbocycles. The topological polar surface area (TPSA) is 37.6 Å². The molecule has 4 heteroatoms. The van der Waals surface area contributed by atoms with E-state index >= 15 is 0 Å². The van der Waals surface area contributed by atoms with Crippen LogP contribution < -0.4 is 5.32 Å². The number of nitrogens with one attached hydrogen (secondary N) is 1. The zero-order valence-electron chi connectivity index (χ0n) is 12.8. The molecule has 0 spiro atoms. The first-order chi connectivity index (χ1) is 9.69. The van der Waals surface area contributed by atoms with Crippen molar-refractivity contribution in [2.24, 2.45) is 0 Å². The molecule has 2 rings (SSSR count). The van der Waals surface area contributed by atoms with E-state index in [4.69, 9.17) is 9.15 Å². The van der Waals surface area contributed by atoms with E-state index in [-0.39, 0.29) is 0 Å². The number of furan rings is 1. The highest BCUT2D eigenvalue weighted by Gasteiger charge is 2.15. The van der Waals surface area contributed by atoms with Crippen molar-refractivity contribution in [2.75, 3.05) is 26.8 Å². The van der Waals surface area contributed by atoms with Crippen LogP contribution >= 0.6 is 0 Å². The molecular formula is C16H26N2O2. The van der Waals surface area contributed by atoms with Crippen LogP contribution in [-0.2, 0) is 17.8 Å². The lowest BCUT2D eigenvalue weighted by Gasteiger charge is -2.26. The van der Waals surface area contributed by atoms with Gasteiger partial charge >= 0.3 is 0 Å². The molecule has 1 aromatic heterocycles. The van der Waals surface area contributed by atoms with Crippen LogP contribution in [0.3, 0.4) is 0 Å². The number of nitrogens with zero attached hydrogens (tertiary/aromatic N) is 1. The van der Waals surface area contributed by atoms with Gasteiger partial charge in [-0.2, -0.15) is 0 Å². The minimum atomic E-state index is 0.475. The van der Waals surface area contributed by atoms with Gasteiger partial charge in [0.25, 0.3) is 0 Å². The van der Waals surface area contributed by atoms with Gasteiger partial charge in [-0.3, -0.25) is 4.90 Å². The molecule has 0 fully saturated rings. The Morgan fingerprint density at radius 1 is 1.45 bits per heavy atom. The summed E-state index contributed by atoms with van der Waals surface area (Å²) in [6, 6.07) is 2.56. The molecule has 0 aromatic carbocycles. The molecule has 0 bridgehead atoms. The number of hydrogen-bond donors (Lipinski definition) is 1. The summed E-state index contributed by atoms with van der Waals surface area (Å²) in [6.07, 6.45) is 5.19. The van der Waals surface area contributed by atoms with Crippen molar-refractivity contribution >= 4 is 0 Å². The molecular weight excluding hydrogens is 252 g/mol. The van der Waals surface area contributed by atoms with Crippen molar-refractivity contribution in [3.8, 4) is 0 Å². The standard InChI is InChI=1S/C16H26N2O2/c1-13(2)17-10-16-15(6-9-20-16)11-18-7-4-14(5-8-18)12-19-3/h4,6,9,13,17H,5,7-8,10-12H2,1-3H3. The maximum absolute atomic E-state index is 5.59. The Bertz CT molecular complexity index is 437. The van der Waals surface area contributed by atoms with Gasteiger partial charge in [-0.05, 0) is 18.1 Å². The molecule has 112 valence electrons. The maximum Gasteiger partial charge on any atom is 0.122 e. The molecule has 20 heavy (non-hydrogen) atoms. The molecule has 1 aromatic rings. The van der Waals surface area contributed by atoms with Crippen LogP contribution in [-0.4, -0.2) is 37.7 Å². The number of hydrogen-bond acceptors (Lipinski definition) is 4. The smallest absolute Gasteiger partial charge is 0.122 e. The molecule has 4 nitrogen and oxygen atoms in total. The summed E-state index contributed by atoms with van der Waals surface area (Å²) in [5, 5.41) is 3.41. The summed E-state index contributed by atoms with van der Waals surface area (Å²) in [5.41, 5.74) is 2.71. The fraction of sp³-hybridized carbons (Fsp3) is 0.625. The molecule has 0 saturated carbocycles. The van der Waals surface area contributed by atoms with Crippen LogP contribution in [0.2, 0.25) is 0 Å². The third-order valence-corrected chi connectivity index (χ3v) is 3.62. The van der Waals surface area contributed by atoms with Crippen LogP contribution in [0.4, 0.5) is 0 Å². The Balaban J connectivity index is 1.87. The zero-order valence-corrected chi connectivity index (χ0v) is 12.8. The van der Waals surface area contributed by atoms with Gasteiger partial charge in [0.15, 0.2) is 0 Å². The first kappa shape index (κ1) is 15.3. The molecule has 0 radical (unpaired) electrons. The van der Waals surface area contributed by atoms with Crippen LogP contribution in [0.1, 0.15) is 31.6 Å². The van der Waals surface area contributed by atoms with E-state index in [2.05, 4.69) is 36.2 Å². The van der Waals surface area contributed by atoms with Gasteiger partial charge in [0.05, 0.1) is 19.4 Å². The van der Waals surface area contributed by atoms with Crippen molar-refractivity contribution in [2.45, 2.75) is 39.4 Å². The largest absolute Gasteiger partial charge is 0.468 e. The Hall–Kier alpha value is -1.10. The van der Waals surface area contributed by atoms with E-state index in [1.807, 2.05) is 0 Å². The van der Waals surface area contributed by atoms with Crippen LogP contribution in [0.25, 0.3) is 0 Å². The second-order valence-electron chi connectivity index (χ2n) is 5.69. The number of methoxy groups -OCH3 is 1. The van der Waals surface area contributed by atoms with Gasteiger partial charge in [-0.25, -0.2) is 0 Å². The second-order valence-corrected chi connectivity index (χ2v) is 5.69. The highest BCUT2D eigenvalue weighted by molar-refractivity contribution is 5.18. The van der Waals surface area contributed by atoms with Gasteiger partial charge in [-0.1, -0.05) is 19.9 Å². The molecule has 0 amide bonds. The lowest BCUT2D eigenvalue weighted by Crippen LogP contribution is -2.29. The summed E-state index contributed by atoms with van der Waals surface area (Å²) in [4.78, 5) is 2.45. The van der Waals surface area contributed by atoms with Gasteiger partial charge in [-0.15, -0.1) is 0 Å². The van der Waals surface area contributed by atoms with Crippen LogP contribution in [0.15, 0.2) is 28.4 Å². The van der Waals surface area contributed by atoms with Gasteiger partial charge in [0.1, 0.15) is 5.76 Å². The minimum Gasteiger partial charge on any atom is -0.468 e. The Morgan fingerprint density at radius 2 is 2.30 bits per heavy atom. The van der Waals surface area contributed by atoms with E-state index in [0.29, 0.717) is 6.04 Å². The lowest BCUT2D eigenvalue weighted by molar-refractivity contribution is 0.210. The predicted molar refractivity (Wildman–Crippen MR) is 80.5 cm³/mol. The van der Waals surface area contributed by atoms with Crippen molar-refractivity contribution in [3.05, 3.63) is 35.3 Å². The van der Waals surface area contributed by atoms with E-state index in [0.717, 1.165) is 45.0 Å². The highest BCUT2D eigenvalue weighted by atomic mass is 16.5. The molecule has 0 saturated heterocycles. The lowest BCUT2D eigenvalue weighted by atomic mass is 10.1. The quantitative estimate of drug-likeness (QED) is 0.778. The summed E-state index contributed by atoms with van der Waals surface area (Å²) in [7, 11) is 1.76. The predicted octanol–water partition coefficient (Wildman–Crippen LogP) is 2.56. The Kier molecular flexibility index (Phi) is 5.83. The van der Waals surface area contributed by atoms with Crippen molar-refractivity contribution in [3.63, 3.8) is 0 Å². The Morgan fingerprint density at radius 3 is 2.95 bits per heavy atom. The minimum absolute atomic E-state index is 0.475. The van der Waals surface area contributed by atoms with Crippen LogP contribution in [0, 0.1) is 0 Å². The molecule has 2 heterocycles. The van der Waals surface area contributed by atoms with E-state index < -0.39 is 0 Å². The number of ether oxygens (including phenoxy) is 1. The SMILES string of the molecule is COCC1=CCN(Cc2ccoc2CNC(C)C)CC1. The maximum atomic E-state index is 5.59. The molecule has 1 N–H and O–H groups in total. The van der Waals surface area contributed by atoms with Crippen molar-refractivity contribution < 1.29 is 9.15 Å². The van der Waals surface area contributed by atoms with Crippen molar-refractivity contribution in [1.82, 2.24) is 10.2 Å².